The molecule has 2 heteroatoms. The largest absolute Gasteiger partial charge is 0.384 e. The van der Waals surface area contributed by atoms with Crippen molar-refractivity contribution in [3.8, 4) is 0 Å². The van der Waals surface area contributed by atoms with E-state index in [4.69, 9.17) is 4.74 Å². The third-order valence-corrected chi connectivity index (χ3v) is 3.79. The maximum atomic E-state index is 10.6. The number of ether oxygens (including phenoxy) is 1. The standard InChI is InChI=1S/C17H18O2/c1-2-12-5-3-4-6-16(12)17(18)13-7-8-14-10-19-11-15(14)9-13/h3-9,17-18H,2,10-11H2,1H3. The number of aliphatic hydroxyl groups is 1. The van der Waals surface area contributed by atoms with Crippen LogP contribution in [-0.4, -0.2) is 5.11 Å². The van der Waals surface area contributed by atoms with Crippen molar-refractivity contribution in [2.75, 3.05) is 0 Å². The number of rotatable bonds is 3. The van der Waals surface area contributed by atoms with Crippen molar-refractivity contribution in [3.05, 3.63) is 70.3 Å². The topological polar surface area (TPSA) is 29.5 Å². The molecule has 0 radical (unpaired) electrons. The van der Waals surface area contributed by atoms with Gasteiger partial charge in [-0.15, -0.1) is 0 Å². The monoisotopic (exact) mass is 254 g/mol. The first-order chi connectivity index (χ1) is 9.29. The highest BCUT2D eigenvalue weighted by molar-refractivity contribution is 5.40. The summed E-state index contributed by atoms with van der Waals surface area (Å²) in [4.78, 5) is 0. The predicted molar refractivity (Wildman–Crippen MR) is 74.8 cm³/mol. The van der Waals surface area contributed by atoms with Gasteiger partial charge in [-0.25, -0.2) is 0 Å². The Morgan fingerprint density at radius 1 is 1.11 bits per heavy atom. The van der Waals surface area contributed by atoms with Gasteiger partial charge in [0.25, 0.3) is 0 Å². The average molecular weight is 254 g/mol. The first-order valence-electron chi connectivity index (χ1n) is 6.75. The minimum absolute atomic E-state index is 0.554. The lowest BCUT2D eigenvalue weighted by atomic mass is 9.94. The predicted octanol–water partition coefficient (Wildman–Crippen LogP) is 3.36. The van der Waals surface area contributed by atoms with Gasteiger partial charge in [0, 0.05) is 0 Å². The number of benzene rings is 2. The van der Waals surface area contributed by atoms with Crippen molar-refractivity contribution in [1.82, 2.24) is 0 Å². The van der Waals surface area contributed by atoms with E-state index in [1.165, 1.54) is 16.7 Å². The molecule has 0 aliphatic carbocycles. The highest BCUT2D eigenvalue weighted by Gasteiger charge is 2.17. The maximum Gasteiger partial charge on any atom is 0.104 e. The number of aliphatic hydroxyl groups excluding tert-OH is 1. The second-order valence-corrected chi connectivity index (χ2v) is 4.98. The minimum atomic E-state index is -0.554. The van der Waals surface area contributed by atoms with E-state index in [2.05, 4.69) is 25.1 Å². The van der Waals surface area contributed by atoms with Crippen LogP contribution in [0.2, 0.25) is 0 Å². The van der Waals surface area contributed by atoms with Crippen molar-refractivity contribution in [1.29, 1.82) is 0 Å². The van der Waals surface area contributed by atoms with E-state index in [-0.39, 0.29) is 0 Å². The van der Waals surface area contributed by atoms with E-state index in [1.54, 1.807) is 0 Å². The van der Waals surface area contributed by atoms with Crippen LogP contribution in [0.3, 0.4) is 0 Å². The lowest BCUT2D eigenvalue weighted by molar-refractivity contribution is 0.134. The van der Waals surface area contributed by atoms with Crippen molar-refractivity contribution >= 4 is 0 Å². The Balaban J connectivity index is 1.97. The fourth-order valence-electron chi connectivity index (χ4n) is 2.66. The van der Waals surface area contributed by atoms with Crippen LogP contribution in [0, 0.1) is 0 Å². The number of hydrogen-bond acceptors (Lipinski definition) is 2. The molecule has 0 saturated carbocycles. The molecule has 1 atom stereocenters. The van der Waals surface area contributed by atoms with Crippen LogP contribution < -0.4 is 0 Å². The van der Waals surface area contributed by atoms with Crippen LogP contribution in [0.25, 0.3) is 0 Å². The molecule has 1 unspecified atom stereocenters. The van der Waals surface area contributed by atoms with Gasteiger partial charge in [0.2, 0.25) is 0 Å². The van der Waals surface area contributed by atoms with Crippen LogP contribution in [0.15, 0.2) is 42.5 Å². The first-order valence-corrected chi connectivity index (χ1v) is 6.75. The van der Waals surface area contributed by atoms with Crippen molar-refractivity contribution in [2.24, 2.45) is 0 Å². The highest BCUT2D eigenvalue weighted by Crippen LogP contribution is 2.29. The summed E-state index contributed by atoms with van der Waals surface area (Å²) in [6, 6.07) is 14.2. The van der Waals surface area contributed by atoms with Gasteiger partial charge in [-0.2, -0.15) is 0 Å². The summed E-state index contributed by atoms with van der Waals surface area (Å²) in [6.45, 7) is 3.46. The number of aryl methyl sites for hydroxylation is 1. The molecule has 2 nitrogen and oxygen atoms in total. The molecule has 0 amide bonds. The zero-order valence-corrected chi connectivity index (χ0v) is 11.1. The average Bonchev–Trinajstić information content (AvgIpc) is 2.93. The smallest absolute Gasteiger partial charge is 0.104 e. The lowest BCUT2D eigenvalue weighted by Crippen LogP contribution is -2.04. The third kappa shape index (κ3) is 2.29. The number of hydrogen-bond donors (Lipinski definition) is 1. The van der Waals surface area contributed by atoms with Crippen LogP contribution in [0.4, 0.5) is 0 Å². The van der Waals surface area contributed by atoms with Crippen molar-refractivity contribution < 1.29 is 9.84 Å². The van der Waals surface area contributed by atoms with E-state index < -0.39 is 6.10 Å². The molecular formula is C17H18O2. The molecule has 0 fully saturated rings. The third-order valence-electron chi connectivity index (χ3n) is 3.79. The molecule has 0 aromatic heterocycles. The fraction of sp³-hybridized carbons (Fsp3) is 0.294. The summed E-state index contributed by atoms with van der Waals surface area (Å²) in [5.74, 6) is 0. The van der Waals surface area contributed by atoms with Crippen molar-refractivity contribution in [2.45, 2.75) is 32.7 Å². The zero-order chi connectivity index (χ0) is 13.2. The summed E-state index contributed by atoms with van der Waals surface area (Å²) in [7, 11) is 0. The summed E-state index contributed by atoms with van der Waals surface area (Å²) in [5.41, 5.74) is 5.59. The summed E-state index contributed by atoms with van der Waals surface area (Å²) >= 11 is 0. The molecule has 3 rings (SSSR count). The van der Waals surface area contributed by atoms with E-state index in [9.17, 15) is 5.11 Å². The minimum Gasteiger partial charge on any atom is -0.384 e. The Bertz CT molecular complexity index is 590. The van der Waals surface area contributed by atoms with Gasteiger partial charge in [-0.1, -0.05) is 49.4 Å². The van der Waals surface area contributed by atoms with E-state index >= 15 is 0 Å². The Kier molecular flexibility index (Phi) is 3.36. The Morgan fingerprint density at radius 2 is 1.89 bits per heavy atom. The van der Waals surface area contributed by atoms with Gasteiger partial charge in [0.1, 0.15) is 6.10 Å². The normalized spacial score (nSPS) is 15.3. The lowest BCUT2D eigenvalue weighted by Gasteiger charge is -2.16. The molecule has 2 aromatic carbocycles. The number of fused-ring (bicyclic) bond motifs is 1. The molecule has 1 heterocycles. The van der Waals surface area contributed by atoms with E-state index in [0.29, 0.717) is 13.2 Å². The van der Waals surface area contributed by atoms with E-state index in [0.717, 1.165) is 17.5 Å². The molecule has 1 aliphatic heterocycles. The van der Waals surface area contributed by atoms with Crippen LogP contribution in [-0.2, 0) is 24.4 Å². The fourth-order valence-corrected chi connectivity index (χ4v) is 2.66. The van der Waals surface area contributed by atoms with E-state index in [1.807, 2.05) is 24.3 Å². The summed E-state index contributed by atoms with van der Waals surface area (Å²) in [6.07, 6.45) is 0.378. The van der Waals surface area contributed by atoms with Gasteiger partial charge in [-0.05, 0) is 34.2 Å². The van der Waals surface area contributed by atoms with Crippen LogP contribution >= 0.6 is 0 Å². The molecule has 0 spiro atoms. The van der Waals surface area contributed by atoms with Gasteiger partial charge in [0.05, 0.1) is 13.2 Å². The maximum absolute atomic E-state index is 10.6. The van der Waals surface area contributed by atoms with Gasteiger partial charge in [-0.3, -0.25) is 0 Å². The second kappa shape index (κ2) is 5.16. The van der Waals surface area contributed by atoms with Gasteiger partial charge >= 0.3 is 0 Å². The molecular weight excluding hydrogens is 236 g/mol. The quantitative estimate of drug-likeness (QED) is 0.910. The van der Waals surface area contributed by atoms with Crippen LogP contribution in [0.1, 0.15) is 40.8 Å². The van der Waals surface area contributed by atoms with Crippen LogP contribution in [0.5, 0.6) is 0 Å². The molecule has 1 aliphatic rings. The molecule has 0 saturated heterocycles. The first kappa shape index (κ1) is 12.4. The summed E-state index contributed by atoms with van der Waals surface area (Å²) in [5, 5.41) is 10.6. The molecule has 0 bridgehead atoms. The highest BCUT2D eigenvalue weighted by atomic mass is 16.5. The molecule has 98 valence electrons. The molecule has 2 aromatic rings. The Labute approximate surface area is 113 Å². The SMILES string of the molecule is CCc1ccccc1C(O)c1ccc2c(c1)COC2. The zero-order valence-electron chi connectivity index (χ0n) is 11.1. The second-order valence-electron chi connectivity index (χ2n) is 4.98. The Morgan fingerprint density at radius 3 is 2.74 bits per heavy atom. The summed E-state index contributed by atoms with van der Waals surface area (Å²) < 4.78 is 5.42. The van der Waals surface area contributed by atoms with Gasteiger partial charge in [0.15, 0.2) is 0 Å². The van der Waals surface area contributed by atoms with Gasteiger partial charge < -0.3 is 9.84 Å². The van der Waals surface area contributed by atoms with Crippen molar-refractivity contribution in [3.63, 3.8) is 0 Å². The molecule has 19 heavy (non-hydrogen) atoms. The molecule has 1 N–H and O–H groups in total. The Hall–Kier alpha value is -1.64.